The van der Waals surface area contributed by atoms with E-state index in [9.17, 15) is 18.0 Å². The van der Waals surface area contributed by atoms with Crippen LogP contribution in [0.2, 0.25) is 0 Å². The lowest BCUT2D eigenvalue weighted by Gasteiger charge is -2.31. The van der Waals surface area contributed by atoms with Gasteiger partial charge in [-0.15, -0.1) is 4.40 Å². The van der Waals surface area contributed by atoms with Crippen LogP contribution >= 0.6 is 0 Å². The fourth-order valence-corrected chi connectivity index (χ4v) is 3.92. The Hall–Kier alpha value is -3.14. The average Bonchev–Trinajstić information content (AvgIpc) is 2.67. The number of para-hydroxylation sites is 2. The number of methoxy groups -OCH3 is 1. The van der Waals surface area contributed by atoms with Crippen molar-refractivity contribution in [3.8, 4) is 5.75 Å². The zero-order valence-corrected chi connectivity index (χ0v) is 16.1. The maximum atomic E-state index is 13.4. The van der Waals surface area contributed by atoms with Crippen molar-refractivity contribution in [3.63, 3.8) is 0 Å². The Bertz CT molecular complexity index is 997. The quantitative estimate of drug-likeness (QED) is 0.732. The van der Waals surface area contributed by atoms with E-state index in [1.807, 2.05) is 0 Å². The van der Waals surface area contributed by atoms with Crippen LogP contribution < -0.4 is 15.4 Å². The molecule has 2 aliphatic heterocycles. The highest BCUT2D eigenvalue weighted by Crippen LogP contribution is 2.30. The van der Waals surface area contributed by atoms with Crippen LogP contribution in [0, 0.1) is 0 Å². The van der Waals surface area contributed by atoms with Crippen molar-refractivity contribution in [1.29, 1.82) is 0 Å². The first-order chi connectivity index (χ1) is 13.3. The summed E-state index contributed by atoms with van der Waals surface area (Å²) in [5.41, 5.74) is 5.82. The standard InChI is InChI=1S/C18H20N4O5S/c1-27-15-7-3-2-6-14(15)22(10-8-16(19)23)18(24)13-5-4-9-21-11-12-28(25,26)20-17(13)21/h2-7,9H,8,10-12H2,1H3,(H2,19,23). The Balaban J connectivity index is 2.03. The second kappa shape index (κ2) is 7.85. The fourth-order valence-electron chi connectivity index (χ4n) is 2.93. The van der Waals surface area contributed by atoms with E-state index in [0.717, 1.165) is 0 Å². The van der Waals surface area contributed by atoms with Crippen LogP contribution in [0.1, 0.15) is 6.42 Å². The number of hydrogen-bond acceptors (Lipinski definition) is 6. The lowest BCUT2D eigenvalue weighted by molar-refractivity contribution is -0.118. The van der Waals surface area contributed by atoms with E-state index in [1.54, 1.807) is 41.4 Å². The summed E-state index contributed by atoms with van der Waals surface area (Å²) >= 11 is 0. The molecule has 2 aliphatic rings. The minimum Gasteiger partial charge on any atom is -0.495 e. The summed E-state index contributed by atoms with van der Waals surface area (Å²) in [6, 6.07) is 6.84. The number of benzene rings is 1. The number of carbonyl (C=O) groups excluding carboxylic acids is 2. The molecule has 2 amide bonds. The number of rotatable bonds is 6. The number of anilines is 1. The van der Waals surface area contributed by atoms with E-state index in [-0.39, 0.29) is 36.7 Å². The summed E-state index contributed by atoms with van der Waals surface area (Å²) in [7, 11) is -2.18. The van der Waals surface area contributed by atoms with Gasteiger partial charge >= 0.3 is 0 Å². The summed E-state index contributed by atoms with van der Waals surface area (Å²) in [5, 5.41) is 0. The molecule has 0 aliphatic carbocycles. The highest BCUT2D eigenvalue weighted by atomic mass is 32.2. The fraction of sp³-hybridized carbons (Fsp3) is 0.278. The molecule has 0 spiro atoms. The number of primary amides is 1. The van der Waals surface area contributed by atoms with Gasteiger partial charge in [0.05, 0.1) is 24.1 Å². The van der Waals surface area contributed by atoms with E-state index in [4.69, 9.17) is 10.5 Å². The molecule has 0 bridgehead atoms. The van der Waals surface area contributed by atoms with E-state index in [1.165, 1.54) is 18.1 Å². The van der Waals surface area contributed by atoms with Gasteiger partial charge in [0.1, 0.15) is 5.75 Å². The van der Waals surface area contributed by atoms with Gasteiger partial charge in [-0.1, -0.05) is 12.1 Å². The van der Waals surface area contributed by atoms with Crippen molar-refractivity contribution < 1.29 is 22.7 Å². The van der Waals surface area contributed by atoms with Gasteiger partial charge in [-0.25, -0.2) is 8.42 Å². The summed E-state index contributed by atoms with van der Waals surface area (Å²) in [6.07, 6.45) is 4.76. The van der Waals surface area contributed by atoms with Crippen molar-refractivity contribution in [2.45, 2.75) is 6.42 Å². The number of nitrogens with two attached hydrogens (primary N) is 1. The van der Waals surface area contributed by atoms with Crippen molar-refractivity contribution in [3.05, 3.63) is 48.2 Å². The van der Waals surface area contributed by atoms with Crippen LogP contribution in [-0.4, -0.2) is 56.9 Å². The Morgan fingerprint density at radius 3 is 2.79 bits per heavy atom. The van der Waals surface area contributed by atoms with Gasteiger partial charge < -0.3 is 20.3 Å². The molecule has 2 heterocycles. The van der Waals surface area contributed by atoms with Crippen molar-refractivity contribution in [2.24, 2.45) is 10.1 Å². The minimum absolute atomic E-state index is 0.00955. The molecule has 0 atom stereocenters. The number of sulfonamides is 1. The first-order valence-corrected chi connectivity index (χ1v) is 10.1. The van der Waals surface area contributed by atoms with E-state index in [2.05, 4.69) is 4.40 Å². The first-order valence-electron chi connectivity index (χ1n) is 8.54. The van der Waals surface area contributed by atoms with Gasteiger partial charge in [-0.3, -0.25) is 9.59 Å². The summed E-state index contributed by atoms with van der Waals surface area (Å²) in [4.78, 5) is 27.6. The lowest BCUT2D eigenvalue weighted by atomic mass is 10.1. The Kier molecular flexibility index (Phi) is 5.50. The van der Waals surface area contributed by atoms with Crippen molar-refractivity contribution in [2.75, 3.05) is 30.9 Å². The van der Waals surface area contributed by atoms with Gasteiger partial charge in [-0.2, -0.15) is 0 Å². The van der Waals surface area contributed by atoms with Crippen LogP contribution in [0.5, 0.6) is 5.75 Å². The molecule has 0 radical (unpaired) electrons. The predicted octanol–water partition coefficient (Wildman–Crippen LogP) is 0.401. The minimum atomic E-state index is -3.65. The van der Waals surface area contributed by atoms with Crippen LogP contribution in [0.4, 0.5) is 5.69 Å². The molecular weight excluding hydrogens is 384 g/mol. The molecule has 0 saturated heterocycles. The Morgan fingerprint density at radius 1 is 1.32 bits per heavy atom. The number of nitrogens with zero attached hydrogens (tertiary/aromatic N) is 3. The van der Waals surface area contributed by atoms with E-state index >= 15 is 0 Å². The first kappa shape index (κ1) is 19.6. The SMILES string of the molecule is COc1ccccc1N(CCC(N)=O)C(=O)C1=CC=CN2CCS(=O)(=O)N=C12. The van der Waals surface area contributed by atoms with Crippen molar-refractivity contribution >= 4 is 33.4 Å². The van der Waals surface area contributed by atoms with Gasteiger partial charge in [-0.05, 0) is 24.3 Å². The molecule has 28 heavy (non-hydrogen) atoms. The highest BCUT2D eigenvalue weighted by Gasteiger charge is 2.33. The molecule has 148 valence electrons. The number of allylic oxidation sites excluding steroid dienone is 2. The Morgan fingerprint density at radius 2 is 2.07 bits per heavy atom. The number of fused-ring (bicyclic) bond motifs is 1. The summed E-state index contributed by atoms with van der Waals surface area (Å²) in [5.74, 6) is -0.694. The third-order valence-electron chi connectivity index (χ3n) is 4.29. The lowest BCUT2D eigenvalue weighted by Crippen LogP contribution is -2.44. The average molecular weight is 404 g/mol. The molecule has 9 nitrogen and oxygen atoms in total. The molecular formula is C18H20N4O5S. The third-order valence-corrected chi connectivity index (χ3v) is 5.44. The zero-order chi connectivity index (χ0) is 20.3. The number of carbonyl (C=O) groups is 2. The van der Waals surface area contributed by atoms with E-state index in [0.29, 0.717) is 11.4 Å². The van der Waals surface area contributed by atoms with Gasteiger partial charge in [0.15, 0.2) is 5.84 Å². The third kappa shape index (κ3) is 4.06. The Labute approximate surface area is 162 Å². The smallest absolute Gasteiger partial charge is 0.262 e. The van der Waals surface area contributed by atoms with Crippen LogP contribution in [0.3, 0.4) is 0 Å². The molecule has 0 unspecified atom stereocenters. The molecule has 0 fully saturated rings. The van der Waals surface area contributed by atoms with Gasteiger partial charge in [0.25, 0.3) is 15.9 Å². The number of amidine groups is 1. The van der Waals surface area contributed by atoms with Crippen LogP contribution in [0.25, 0.3) is 0 Å². The predicted molar refractivity (Wildman–Crippen MR) is 104 cm³/mol. The second-order valence-corrected chi connectivity index (χ2v) is 7.92. The maximum Gasteiger partial charge on any atom is 0.262 e. The largest absolute Gasteiger partial charge is 0.495 e. The van der Waals surface area contributed by atoms with E-state index < -0.39 is 21.8 Å². The molecule has 3 rings (SSSR count). The molecule has 10 heteroatoms. The molecule has 1 aromatic rings. The monoisotopic (exact) mass is 404 g/mol. The molecule has 2 N–H and O–H groups in total. The summed E-state index contributed by atoms with van der Waals surface area (Å²) in [6.45, 7) is 0.216. The van der Waals surface area contributed by atoms with Crippen LogP contribution in [0.15, 0.2) is 52.6 Å². The number of hydrogen-bond donors (Lipinski definition) is 1. The molecule has 1 aromatic carbocycles. The van der Waals surface area contributed by atoms with Crippen LogP contribution in [-0.2, 0) is 19.6 Å². The number of ether oxygens (including phenoxy) is 1. The summed E-state index contributed by atoms with van der Waals surface area (Å²) < 4.78 is 33.0. The molecule has 0 saturated carbocycles. The molecule has 0 aromatic heterocycles. The second-order valence-electron chi connectivity index (χ2n) is 6.16. The number of amides is 2. The highest BCUT2D eigenvalue weighted by molar-refractivity contribution is 7.90. The normalized spacial score (nSPS) is 17.2. The maximum absolute atomic E-state index is 13.4. The van der Waals surface area contributed by atoms with Crippen molar-refractivity contribution in [1.82, 2.24) is 4.90 Å². The van der Waals surface area contributed by atoms with Gasteiger partial charge in [0.2, 0.25) is 5.91 Å². The zero-order valence-electron chi connectivity index (χ0n) is 15.2. The topological polar surface area (TPSA) is 122 Å². The van der Waals surface area contributed by atoms with Gasteiger partial charge in [0, 0.05) is 25.7 Å².